The van der Waals surface area contributed by atoms with Gasteiger partial charge in [-0.1, -0.05) is 6.08 Å². The molecule has 0 fully saturated rings. The first-order valence-corrected chi connectivity index (χ1v) is 6.01. The molecule has 0 radical (unpaired) electrons. The van der Waals surface area contributed by atoms with E-state index < -0.39 is 6.10 Å². The average Bonchev–Trinajstić information content (AvgIpc) is 2.32. The van der Waals surface area contributed by atoms with E-state index >= 15 is 0 Å². The lowest BCUT2D eigenvalue weighted by Gasteiger charge is -2.13. The predicted molar refractivity (Wildman–Crippen MR) is 68.9 cm³/mol. The molecule has 0 heterocycles. The van der Waals surface area contributed by atoms with Gasteiger partial charge in [0.25, 0.3) is 0 Å². The molecule has 1 amide bonds. The maximum Gasteiger partial charge on any atom is 0.333 e. The third-order valence-electron chi connectivity index (χ3n) is 2.61. The van der Waals surface area contributed by atoms with E-state index in [9.17, 15) is 14.7 Å². The average molecular weight is 257 g/mol. The van der Waals surface area contributed by atoms with E-state index in [2.05, 4.69) is 4.74 Å². The molecule has 0 aliphatic carbocycles. The maximum absolute atomic E-state index is 11.3. The molecule has 0 aromatic heterocycles. The molecule has 0 aliphatic heterocycles. The summed E-state index contributed by atoms with van der Waals surface area (Å²) in [6.45, 7) is 1.69. The summed E-state index contributed by atoms with van der Waals surface area (Å²) in [5, 5.41) is 9.63. The lowest BCUT2D eigenvalue weighted by atomic mass is 10.1. The Labute approximate surface area is 108 Å². The fourth-order valence-electron chi connectivity index (χ4n) is 1.40. The summed E-state index contributed by atoms with van der Waals surface area (Å²) in [5.41, 5.74) is 0.566. The zero-order valence-corrected chi connectivity index (χ0v) is 11.6. The van der Waals surface area contributed by atoms with Crippen molar-refractivity contribution in [3.63, 3.8) is 0 Å². The molecular weight excluding hydrogens is 234 g/mol. The molecule has 0 rings (SSSR count). The lowest BCUT2D eigenvalue weighted by Crippen LogP contribution is -2.26. The van der Waals surface area contributed by atoms with Crippen LogP contribution in [-0.4, -0.2) is 49.2 Å². The van der Waals surface area contributed by atoms with Crippen molar-refractivity contribution < 1.29 is 19.4 Å². The Morgan fingerprint density at radius 3 is 2.50 bits per heavy atom. The molecule has 0 spiro atoms. The second-order valence-electron chi connectivity index (χ2n) is 4.46. The van der Waals surface area contributed by atoms with Crippen molar-refractivity contribution in [2.75, 3.05) is 21.2 Å². The van der Waals surface area contributed by atoms with Crippen molar-refractivity contribution in [3.05, 3.63) is 11.6 Å². The molecule has 5 heteroatoms. The number of nitrogens with zero attached hydrogens (tertiary/aromatic N) is 1. The molecule has 1 atom stereocenters. The van der Waals surface area contributed by atoms with Crippen molar-refractivity contribution >= 4 is 11.9 Å². The standard InChI is InChI=1S/C13H23NO4/c1-10(13(17)18-4)7-5-6-8-11(15)9-12(16)14(2)3/h7,11,15H,5-6,8-9H2,1-4H3/b10-7+. The highest BCUT2D eigenvalue weighted by molar-refractivity contribution is 5.87. The van der Waals surface area contributed by atoms with Crippen molar-refractivity contribution in [2.45, 2.75) is 38.7 Å². The Kier molecular flexibility index (Phi) is 8.03. The van der Waals surface area contributed by atoms with Crippen LogP contribution in [0, 0.1) is 0 Å². The monoisotopic (exact) mass is 257 g/mol. The number of hydrogen-bond acceptors (Lipinski definition) is 4. The molecule has 0 saturated heterocycles. The largest absolute Gasteiger partial charge is 0.466 e. The Balaban J connectivity index is 3.85. The minimum absolute atomic E-state index is 0.0798. The highest BCUT2D eigenvalue weighted by Crippen LogP contribution is 2.08. The van der Waals surface area contributed by atoms with E-state index in [0.29, 0.717) is 18.4 Å². The van der Waals surface area contributed by atoms with Gasteiger partial charge in [-0.3, -0.25) is 4.79 Å². The molecule has 0 bridgehead atoms. The van der Waals surface area contributed by atoms with E-state index in [1.807, 2.05) is 0 Å². The van der Waals surface area contributed by atoms with E-state index in [1.165, 1.54) is 12.0 Å². The molecular formula is C13H23NO4. The number of carbonyl (C=O) groups excluding carboxylic acids is 2. The van der Waals surface area contributed by atoms with Gasteiger partial charge in [-0.15, -0.1) is 0 Å². The van der Waals surface area contributed by atoms with Crippen LogP contribution >= 0.6 is 0 Å². The Bertz CT molecular complexity index is 310. The summed E-state index contributed by atoms with van der Waals surface area (Å²) in [6, 6.07) is 0. The number of aliphatic hydroxyl groups is 1. The number of amides is 1. The van der Waals surface area contributed by atoms with Crippen LogP contribution in [0.2, 0.25) is 0 Å². The highest BCUT2D eigenvalue weighted by Gasteiger charge is 2.11. The normalized spacial score (nSPS) is 13.1. The Morgan fingerprint density at radius 2 is 2.00 bits per heavy atom. The zero-order chi connectivity index (χ0) is 14.1. The van der Waals surface area contributed by atoms with Crippen LogP contribution in [0.25, 0.3) is 0 Å². The van der Waals surface area contributed by atoms with Gasteiger partial charge < -0.3 is 14.7 Å². The molecule has 0 aliphatic rings. The van der Waals surface area contributed by atoms with Gasteiger partial charge in [0.2, 0.25) is 5.91 Å². The van der Waals surface area contributed by atoms with Crippen molar-refractivity contribution in [1.29, 1.82) is 0 Å². The number of unbranched alkanes of at least 4 members (excludes halogenated alkanes) is 1. The quantitative estimate of drug-likeness (QED) is 0.421. The second-order valence-corrected chi connectivity index (χ2v) is 4.46. The summed E-state index contributed by atoms with van der Waals surface area (Å²) < 4.78 is 4.56. The smallest absolute Gasteiger partial charge is 0.333 e. The van der Waals surface area contributed by atoms with Gasteiger partial charge in [-0.2, -0.15) is 0 Å². The summed E-state index contributed by atoms with van der Waals surface area (Å²) in [6.07, 6.45) is 3.28. The van der Waals surface area contributed by atoms with Gasteiger partial charge in [0.05, 0.1) is 19.6 Å². The summed E-state index contributed by atoms with van der Waals surface area (Å²) in [4.78, 5) is 23.8. The van der Waals surface area contributed by atoms with Crippen LogP contribution in [0.5, 0.6) is 0 Å². The van der Waals surface area contributed by atoms with Gasteiger partial charge >= 0.3 is 5.97 Å². The summed E-state index contributed by atoms with van der Waals surface area (Å²) in [5.74, 6) is -0.415. The minimum Gasteiger partial charge on any atom is -0.466 e. The number of allylic oxidation sites excluding steroid dienone is 1. The third kappa shape index (κ3) is 7.06. The second kappa shape index (κ2) is 8.69. The maximum atomic E-state index is 11.3. The Hall–Kier alpha value is -1.36. The topological polar surface area (TPSA) is 66.8 Å². The first-order chi connectivity index (χ1) is 8.38. The van der Waals surface area contributed by atoms with Crippen LogP contribution in [0.4, 0.5) is 0 Å². The fourth-order valence-corrected chi connectivity index (χ4v) is 1.40. The molecule has 104 valence electrons. The number of methoxy groups -OCH3 is 1. The molecule has 1 unspecified atom stereocenters. The molecule has 0 aromatic rings. The molecule has 0 saturated carbocycles. The van der Waals surface area contributed by atoms with E-state index in [-0.39, 0.29) is 18.3 Å². The molecule has 5 nitrogen and oxygen atoms in total. The van der Waals surface area contributed by atoms with Crippen LogP contribution < -0.4 is 0 Å². The number of hydrogen-bond donors (Lipinski definition) is 1. The summed E-state index contributed by atoms with van der Waals surface area (Å²) >= 11 is 0. The van der Waals surface area contributed by atoms with Gasteiger partial charge in [-0.05, 0) is 26.2 Å². The highest BCUT2D eigenvalue weighted by atomic mass is 16.5. The number of ether oxygens (including phenoxy) is 1. The van der Waals surface area contributed by atoms with Crippen LogP contribution in [0.1, 0.15) is 32.6 Å². The predicted octanol–water partition coefficient (Wildman–Crippen LogP) is 1.12. The SMILES string of the molecule is COC(=O)/C(C)=C/CCCC(O)CC(=O)N(C)C. The van der Waals surface area contributed by atoms with Crippen molar-refractivity contribution in [3.8, 4) is 0 Å². The van der Waals surface area contributed by atoms with Crippen LogP contribution in [0.3, 0.4) is 0 Å². The molecule has 18 heavy (non-hydrogen) atoms. The van der Waals surface area contributed by atoms with Crippen LogP contribution in [0.15, 0.2) is 11.6 Å². The number of aliphatic hydroxyl groups excluding tert-OH is 1. The van der Waals surface area contributed by atoms with E-state index in [0.717, 1.165) is 6.42 Å². The first-order valence-electron chi connectivity index (χ1n) is 6.01. The van der Waals surface area contributed by atoms with Gasteiger partial charge in [0.15, 0.2) is 0 Å². The molecule has 1 N–H and O–H groups in total. The van der Waals surface area contributed by atoms with Crippen molar-refractivity contribution in [1.82, 2.24) is 4.90 Å². The first kappa shape index (κ1) is 16.6. The van der Waals surface area contributed by atoms with Crippen LogP contribution in [-0.2, 0) is 14.3 Å². The van der Waals surface area contributed by atoms with Gasteiger partial charge in [0, 0.05) is 19.7 Å². The Morgan fingerprint density at radius 1 is 1.39 bits per heavy atom. The minimum atomic E-state index is -0.619. The number of carbonyl (C=O) groups is 2. The van der Waals surface area contributed by atoms with Crippen molar-refractivity contribution in [2.24, 2.45) is 0 Å². The van der Waals surface area contributed by atoms with Gasteiger partial charge in [-0.25, -0.2) is 4.79 Å². The molecule has 0 aromatic carbocycles. The van der Waals surface area contributed by atoms with Gasteiger partial charge in [0.1, 0.15) is 0 Å². The number of rotatable bonds is 7. The van der Waals surface area contributed by atoms with E-state index in [4.69, 9.17) is 0 Å². The van der Waals surface area contributed by atoms with E-state index in [1.54, 1.807) is 27.1 Å². The lowest BCUT2D eigenvalue weighted by molar-refractivity contribution is -0.136. The zero-order valence-electron chi connectivity index (χ0n) is 11.6. The summed E-state index contributed by atoms with van der Waals surface area (Å²) in [7, 11) is 4.67. The number of esters is 1. The fraction of sp³-hybridized carbons (Fsp3) is 0.692. The third-order valence-corrected chi connectivity index (χ3v) is 2.61.